The number of carbonyl (C=O) groups excluding carboxylic acids is 1. The molecule has 1 aliphatic heterocycles. The lowest BCUT2D eigenvalue weighted by Gasteiger charge is -2.25. The molecule has 0 bridgehead atoms. The molecule has 0 aliphatic carbocycles. The first-order chi connectivity index (χ1) is 10.4. The third kappa shape index (κ3) is 4.16. The number of aryl methyl sites for hydroxylation is 1. The molecule has 0 saturated carbocycles. The molecule has 1 aliphatic rings. The topological polar surface area (TPSA) is 45.2 Å². The van der Waals surface area contributed by atoms with Gasteiger partial charge in [-0.05, 0) is 32.4 Å². The standard InChI is InChI=1S/C16H27N3OS2/c1-10(2)15-18-11(3)14(22-15)12(4)19(5)16(20)17-9-13-7-6-8-21-13/h10,12-13H,6-9H2,1-5H3,(H,17,20)/t12-,13+/m0/s1. The summed E-state index contributed by atoms with van der Waals surface area (Å²) in [6.07, 6.45) is 2.49. The van der Waals surface area contributed by atoms with E-state index in [-0.39, 0.29) is 12.1 Å². The Labute approximate surface area is 142 Å². The molecule has 6 heteroatoms. The SMILES string of the molecule is Cc1nc(C(C)C)sc1[C@H](C)N(C)C(=O)NC[C@H]1CCCS1. The molecule has 0 radical (unpaired) electrons. The smallest absolute Gasteiger partial charge is 0.317 e. The molecule has 2 rings (SSSR count). The van der Waals surface area contributed by atoms with Crippen LogP contribution in [-0.4, -0.2) is 40.5 Å². The number of thioether (sulfide) groups is 1. The fourth-order valence-corrected chi connectivity index (χ4v) is 4.91. The Balaban J connectivity index is 1.95. The van der Waals surface area contributed by atoms with Gasteiger partial charge in [-0.3, -0.25) is 0 Å². The Morgan fingerprint density at radius 1 is 1.45 bits per heavy atom. The van der Waals surface area contributed by atoms with Crippen LogP contribution >= 0.6 is 23.1 Å². The number of nitrogens with zero attached hydrogens (tertiary/aromatic N) is 2. The van der Waals surface area contributed by atoms with Crippen molar-refractivity contribution >= 4 is 29.1 Å². The molecular formula is C16H27N3OS2. The minimum atomic E-state index is 0.0129. The van der Waals surface area contributed by atoms with Gasteiger partial charge in [0, 0.05) is 29.6 Å². The zero-order chi connectivity index (χ0) is 16.3. The lowest BCUT2D eigenvalue weighted by Crippen LogP contribution is -2.41. The molecule has 0 aromatic carbocycles. The van der Waals surface area contributed by atoms with Crippen molar-refractivity contribution in [3.63, 3.8) is 0 Å². The molecule has 22 heavy (non-hydrogen) atoms. The quantitative estimate of drug-likeness (QED) is 0.874. The number of nitrogens with one attached hydrogen (secondary N) is 1. The van der Waals surface area contributed by atoms with Crippen LogP contribution in [0.2, 0.25) is 0 Å². The first kappa shape index (κ1) is 17.6. The molecule has 0 spiro atoms. The van der Waals surface area contributed by atoms with Gasteiger partial charge in [-0.25, -0.2) is 9.78 Å². The van der Waals surface area contributed by atoms with Crippen molar-refractivity contribution in [3.8, 4) is 0 Å². The monoisotopic (exact) mass is 341 g/mol. The Hall–Kier alpha value is -0.750. The third-order valence-electron chi connectivity index (χ3n) is 4.13. The first-order valence-corrected chi connectivity index (χ1v) is 9.86. The van der Waals surface area contributed by atoms with Gasteiger partial charge in [-0.15, -0.1) is 11.3 Å². The Morgan fingerprint density at radius 2 is 2.18 bits per heavy atom. The lowest BCUT2D eigenvalue weighted by atomic mass is 10.2. The van der Waals surface area contributed by atoms with Crippen molar-refractivity contribution in [1.29, 1.82) is 0 Å². The number of urea groups is 1. The van der Waals surface area contributed by atoms with Gasteiger partial charge in [-0.1, -0.05) is 13.8 Å². The minimum absolute atomic E-state index is 0.0129. The van der Waals surface area contributed by atoms with E-state index >= 15 is 0 Å². The zero-order valence-corrected chi connectivity index (χ0v) is 15.8. The average molecular weight is 342 g/mol. The fraction of sp³-hybridized carbons (Fsp3) is 0.750. The van der Waals surface area contributed by atoms with E-state index in [2.05, 4.69) is 31.1 Å². The summed E-state index contributed by atoms with van der Waals surface area (Å²) in [5.41, 5.74) is 1.05. The molecule has 4 nitrogen and oxygen atoms in total. The molecule has 0 unspecified atom stereocenters. The number of rotatable bonds is 5. The predicted molar refractivity (Wildman–Crippen MR) is 96.0 cm³/mol. The summed E-state index contributed by atoms with van der Waals surface area (Å²) in [5.74, 6) is 1.66. The van der Waals surface area contributed by atoms with Crippen molar-refractivity contribution in [2.24, 2.45) is 0 Å². The lowest BCUT2D eigenvalue weighted by molar-refractivity contribution is 0.195. The van der Waals surface area contributed by atoms with E-state index < -0.39 is 0 Å². The summed E-state index contributed by atoms with van der Waals surface area (Å²) in [6, 6.07) is 0.0696. The van der Waals surface area contributed by atoms with Crippen molar-refractivity contribution in [1.82, 2.24) is 15.2 Å². The molecule has 1 fully saturated rings. The predicted octanol–water partition coefficient (Wildman–Crippen LogP) is 4.17. The maximum atomic E-state index is 12.4. The number of aromatic nitrogens is 1. The van der Waals surface area contributed by atoms with Crippen molar-refractivity contribution in [2.45, 2.75) is 57.7 Å². The summed E-state index contributed by atoms with van der Waals surface area (Å²) < 4.78 is 0. The molecule has 124 valence electrons. The van der Waals surface area contributed by atoms with Gasteiger partial charge in [0.1, 0.15) is 0 Å². The average Bonchev–Trinajstić information content (AvgIpc) is 3.12. The normalized spacial score (nSPS) is 19.5. The van der Waals surface area contributed by atoms with E-state index in [1.54, 1.807) is 16.2 Å². The maximum Gasteiger partial charge on any atom is 0.317 e. The molecular weight excluding hydrogens is 314 g/mol. The number of thiazole rings is 1. The van der Waals surface area contributed by atoms with E-state index in [0.29, 0.717) is 11.2 Å². The van der Waals surface area contributed by atoms with Crippen LogP contribution in [0.25, 0.3) is 0 Å². The Bertz CT molecular complexity index is 509. The third-order valence-corrected chi connectivity index (χ3v) is 7.16. The first-order valence-electron chi connectivity index (χ1n) is 7.99. The van der Waals surface area contributed by atoms with Crippen molar-refractivity contribution in [2.75, 3.05) is 19.3 Å². The highest BCUT2D eigenvalue weighted by molar-refractivity contribution is 8.00. The summed E-state index contributed by atoms with van der Waals surface area (Å²) in [7, 11) is 1.87. The second-order valence-electron chi connectivity index (χ2n) is 6.26. The van der Waals surface area contributed by atoms with Crippen LogP contribution < -0.4 is 5.32 Å². The van der Waals surface area contributed by atoms with E-state index in [9.17, 15) is 4.79 Å². The van der Waals surface area contributed by atoms with Crippen LogP contribution in [0.5, 0.6) is 0 Å². The fourth-order valence-electron chi connectivity index (χ4n) is 2.55. The molecule has 1 N–H and O–H groups in total. The molecule has 1 aromatic rings. The number of carbonyl (C=O) groups is 1. The molecule has 2 atom stereocenters. The van der Waals surface area contributed by atoms with Crippen LogP contribution in [-0.2, 0) is 0 Å². The van der Waals surface area contributed by atoms with Gasteiger partial charge in [0.2, 0.25) is 0 Å². The van der Waals surface area contributed by atoms with Crippen LogP contribution in [0, 0.1) is 6.92 Å². The van der Waals surface area contributed by atoms with Gasteiger partial charge in [-0.2, -0.15) is 11.8 Å². The number of hydrogen-bond donors (Lipinski definition) is 1. The van der Waals surface area contributed by atoms with Gasteiger partial charge in [0.05, 0.1) is 16.7 Å². The summed E-state index contributed by atoms with van der Waals surface area (Å²) in [5, 5.41) is 4.81. The highest BCUT2D eigenvalue weighted by Crippen LogP contribution is 2.32. The van der Waals surface area contributed by atoms with E-state index in [0.717, 1.165) is 17.2 Å². The van der Waals surface area contributed by atoms with Crippen LogP contribution in [0.1, 0.15) is 61.2 Å². The van der Waals surface area contributed by atoms with Crippen LogP contribution in [0.4, 0.5) is 4.79 Å². The highest BCUT2D eigenvalue weighted by Gasteiger charge is 2.23. The van der Waals surface area contributed by atoms with Crippen molar-refractivity contribution < 1.29 is 4.79 Å². The van der Waals surface area contributed by atoms with Crippen molar-refractivity contribution in [3.05, 3.63) is 15.6 Å². The summed E-state index contributed by atoms with van der Waals surface area (Å²) in [4.78, 5) is 20.0. The zero-order valence-electron chi connectivity index (χ0n) is 14.2. The molecule has 2 amide bonds. The highest BCUT2D eigenvalue weighted by atomic mass is 32.2. The second kappa shape index (κ2) is 7.68. The number of amides is 2. The Morgan fingerprint density at radius 3 is 2.73 bits per heavy atom. The van der Waals surface area contributed by atoms with Crippen LogP contribution in [0.15, 0.2) is 0 Å². The second-order valence-corrected chi connectivity index (χ2v) is 8.73. The van der Waals surface area contributed by atoms with Gasteiger partial charge >= 0.3 is 6.03 Å². The molecule has 1 saturated heterocycles. The van der Waals surface area contributed by atoms with E-state index in [4.69, 9.17) is 0 Å². The Kier molecular flexibility index (Phi) is 6.15. The molecule has 1 aromatic heterocycles. The summed E-state index contributed by atoms with van der Waals surface area (Å²) in [6.45, 7) is 9.20. The minimum Gasteiger partial charge on any atom is -0.337 e. The van der Waals surface area contributed by atoms with E-state index in [1.165, 1.54) is 23.5 Å². The van der Waals surface area contributed by atoms with Crippen LogP contribution in [0.3, 0.4) is 0 Å². The summed E-state index contributed by atoms with van der Waals surface area (Å²) >= 11 is 3.70. The van der Waals surface area contributed by atoms with Gasteiger partial charge in [0.15, 0.2) is 0 Å². The maximum absolute atomic E-state index is 12.4. The van der Waals surface area contributed by atoms with Gasteiger partial charge < -0.3 is 10.2 Å². The number of hydrogen-bond acceptors (Lipinski definition) is 4. The van der Waals surface area contributed by atoms with E-state index in [1.807, 2.05) is 25.7 Å². The largest absolute Gasteiger partial charge is 0.337 e. The van der Waals surface area contributed by atoms with Gasteiger partial charge in [0.25, 0.3) is 0 Å². The molecule has 2 heterocycles.